The predicted molar refractivity (Wildman–Crippen MR) is 89.5 cm³/mol. The number of fused-ring (bicyclic) bond motifs is 4. The maximum Gasteiger partial charge on any atom is 0.261 e. The molecular weight excluding hydrogens is 304 g/mol. The van der Waals surface area contributed by atoms with Gasteiger partial charge in [0.25, 0.3) is 5.91 Å². The van der Waals surface area contributed by atoms with Crippen LogP contribution in [-0.2, 0) is 0 Å². The SMILES string of the molecule is Cl.O=C(NC1CN2CCC1CC2)c1cc2ccccc2s1. The lowest BCUT2D eigenvalue weighted by Crippen LogP contribution is -2.57. The maximum atomic E-state index is 12.4. The summed E-state index contributed by atoms with van der Waals surface area (Å²) in [5.74, 6) is 0.781. The fraction of sp³-hybridized carbons (Fsp3) is 0.438. The van der Waals surface area contributed by atoms with Crippen LogP contribution in [0.2, 0.25) is 0 Å². The lowest BCUT2D eigenvalue weighted by atomic mass is 9.84. The van der Waals surface area contributed by atoms with E-state index >= 15 is 0 Å². The molecule has 5 rings (SSSR count). The summed E-state index contributed by atoms with van der Waals surface area (Å²) in [5.41, 5.74) is 0. The molecule has 4 heterocycles. The Labute approximate surface area is 134 Å². The summed E-state index contributed by atoms with van der Waals surface area (Å²) in [5, 5.41) is 4.42. The van der Waals surface area contributed by atoms with Gasteiger partial charge in [-0.3, -0.25) is 4.79 Å². The number of thiophene rings is 1. The average Bonchev–Trinajstić information content (AvgIpc) is 2.92. The molecule has 2 aromatic rings. The number of rotatable bonds is 2. The van der Waals surface area contributed by atoms with Crippen molar-refractivity contribution in [3.05, 3.63) is 35.2 Å². The van der Waals surface area contributed by atoms with Crippen molar-refractivity contribution in [1.29, 1.82) is 0 Å². The van der Waals surface area contributed by atoms with Crippen LogP contribution >= 0.6 is 23.7 Å². The van der Waals surface area contributed by atoms with Crippen molar-refractivity contribution in [2.45, 2.75) is 18.9 Å². The number of hydrogen-bond donors (Lipinski definition) is 1. The van der Waals surface area contributed by atoms with E-state index in [-0.39, 0.29) is 18.3 Å². The van der Waals surface area contributed by atoms with Gasteiger partial charge in [0, 0.05) is 17.3 Å². The Hall–Kier alpha value is -1.10. The van der Waals surface area contributed by atoms with Crippen LogP contribution in [0.15, 0.2) is 30.3 Å². The van der Waals surface area contributed by atoms with Crippen LogP contribution in [0.4, 0.5) is 0 Å². The van der Waals surface area contributed by atoms with Gasteiger partial charge in [-0.1, -0.05) is 18.2 Å². The zero-order valence-electron chi connectivity index (χ0n) is 11.7. The molecule has 1 atom stereocenters. The molecule has 3 fully saturated rings. The number of piperidine rings is 3. The molecule has 1 amide bonds. The summed E-state index contributed by atoms with van der Waals surface area (Å²) in [6.07, 6.45) is 2.47. The van der Waals surface area contributed by atoms with Crippen LogP contribution in [0.25, 0.3) is 10.1 Å². The van der Waals surface area contributed by atoms with Crippen LogP contribution in [0.1, 0.15) is 22.5 Å². The predicted octanol–water partition coefficient (Wildman–Crippen LogP) is 3.15. The quantitative estimate of drug-likeness (QED) is 0.921. The van der Waals surface area contributed by atoms with E-state index in [1.165, 1.54) is 30.6 Å². The van der Waals surface area contributed by atoms with Crippen molar-refractivity contribution in [2.75, 3.05) is 19.6 Å². The third-order valence-corrected chi connectivity index (χ3v) is 5.74. The van der Waals surface area contributed by atoms with E-state index in [1.54, 1.807) is 11.3 Å². The van der Waals surface area contributed by atoms with Crippen LogP contribution in [0.5, 0.6) is 0 Å². The first-order valence-electron chi connectivity index (χ1n) is 7.31. The largest absolute Gasteiger partial charge is 0.347 e. The normalized spacial score (nSPS) is 27.3. The zero-order valence-corrected chi connectivity index (χ0v) is 13.4. The minimum atomic E-state index is 0. The molecule has 1 N–H and O–H groups in total. The van der Waals surface area contributed by atoms with Gasteiger partial charge in [-0.15, -0.1) is 23.7 Å². The Kier molecular flexibility index (Phi) is 4.20. The summed E-state index contributed by atoms with van der Waals surface area (Å²) in [7, 11) is 0. The van der Waals surface area contributed by atoms with E-state index in [4.69, 9.17) is 0 Å². The molecule has 3 nitrogen and oxygen atoms in total. The summed E-state index contributed by atoms with van der Waals surface area (Å²) < 4.78 is 1.19. The first-order chi connectivity index (χ1) is 9.79. The van der Waals surface area contributed by atoms with Crippen LogP contribution in [0, 0.1) is 5.92 Å². The first-order valence-corrected chi connectivity index (χ1v) is 8.13. The third kappa shape index (κ3) is 2.80. The summed E-state index contributed by atoms with van der Waals surface area (Å²) in [4.78, 5) is 15.7. The molecule has 3 aliphatic rings. The fourth-order valence-electron chi connectivity index (χ4n) is 3.46. The second-order valence-electron chi connectivity index (χ2n) is 5.87. The molecule has 21 heavy (non-hydrogen) atoms. The summed E-state index contributed by atoms with van der Waals surface area (Å²) >= 11 is 1.59. The second-order valence-corrected chi connectivity index (χ2v) is 6.95. The van der Waals surface area contributed by atoms with E-state index in [1.807, 2.05) is 18.2 Å². The standard InChI is InChI=1S/C16H18N2OS.ClH/c19-16(15-9-12-3-1-2-4-14(12)20-15)17-13-10-18-7-5-11(13)6-8-18;/h1-4,9,11,13H,5-8,10H2,(H,17,19);1H. The van der Waals surface area contributed by atoms with Gasteiger partial charge >= 0.3 is 0 Å². The highest BCUT2D eigenvalue weighted by Crippen LogP contribution is 2.29. The van der Waals surface area contributed by atoms with Gasteiger partial charge in [-0.2, -0.15) is 0 Å². The van der Waals surface area contributed by atoms with Crippen molar-refractivity contribution >= 4 is 39.7 Å². The molecule has 3 saturated heterocycles. The number of benzene rings is 1. The molecule has 1 unspecified atom stereocenters. The van der Waals surface area contributed by atoms with Crippen LogP contribution < -0.4 is 5.32 Å². The number of hydrogen-bond acceptors (Lipinski definition) is 3. The molecule has 2 bridgehead atoms. The number of carbonyl (C=O) groups is 1. The van der Waals surface area contributed by atoms with Gasteiger partial charge in [0.1, 0.15) is 0 Å². The van der Waals surface area contributed by atoms with Gasteiger partial charge in [0.2, 0.25) is 0 Å². The minimum Gasteiger partial charge on any atom is -0.347 e. The van der Waals surface area contributed by atoms with Gasteiger partial charge in [-0.25, -0.2) is 0 Å². The Balaban J connectivity index is 0.00000132. The van der Waals surface area contributed by atoms with Gasteiger partial charge < -0.3 is 10.2 Å². The van der Waals surface area contributed by atoms with Gasteiger partial charge in [0.15, 0.2) is 0 Å². The molecule has 0 radical (unpaired) electrons. The molecule has 5 heteroatoms. The van der Waals surface area contributed by atoms with E-state index < -0.39 is 0 Å². The van der Waals surface area contributed by atoms with E-state index in [0.717, 1.165) is 16.8 Å². The highest BCUT2D eigenvalue weighted by Gasteiger charge is 2.35. The lowest BCUT2D eigenvalue weighted by Gasteiger charge is -2.44. The zero-order chi connectivity index (χ0) is 13.5. The first kappa shape index (κ1) is 14.8. The van der Waals surface area contributed by atoms with Crippen molar-refractivity contribution in [1.82, 2.24) is 10.2 Å². The van der Waals surface area contributed by atoms with Crippen molar-refractivity contribution < 1.29 is 4.79 Å². The average molecular weight is 323 g/mol. The molecule has 112 valence electrons. The molecule has 0 saturated carbocycles. The summed E-state index contributed by atoms with van der Waals surface area (Å²) in [6.45, 7) is 3.45. The molecular formula is C16H19ClN2OS. The van der Waals surface area contributed by atoms with Crippen molar-refractivity contribution in [3.8, 4) is 0 Å². The number of nitrogens with zero attached hydrogens (tertiary/aromatic N) is 1. The topological polar surface area (TPSA) is 32.3 Å². The highest BCUT2D eigenvalue weighted by atomic mass is 35.5. The fourth-order valence-corrected chi connectivity index (χ4v) is 4.43. The Morgan fingerprint density at radius 3 is 2.67 bits per heavy atom. The highest BCUT2D eigenvalue weighted by molar-refractivity contribution is 7.20. The molecule has 0 spiro atoms. The Morgan fingerprint density at radius 1 is 1.24 bits per heavy atom. The summed E-state index contributed by atoms with van der Waals surface area (Å²) in [6, 6.07) is 10.5. The van der Waals surface area contributed by atoms with Crippen LogP contribution in [-0.4, -0.2) is 36.5 Å². The Morgan fingerprint density at radius 2 is 2.00 bits per heavy atom. The number of halogens is 1. The van der Waals surface area contributed by atoms with E-state index in [2.05, 4.69) is 22.3 Å². The molecule has 3 aliphatic heterocycles. The van der Waals surface area contributed by atoms with Crippen molar-refractivity contribution in [2.24, 2.45) is 5.92 Å². The second kappa shape index (κ2) is 5.95. The monoisotopic (exact) mass is 322 g/mol. The smallest absolute Gasteiger partial charge is 0.261 e. The van der Waals surface area contributed by atoms with Gasteiger partial charge in [0.05, 0.1) is 4.88 Å². The molecule has 1 aromatic carbocycles. The number of nitrogens with one attached hydrogen (secondary N) is 1. The van der Waals surface area contributed by atoms with Gasteiger partial charge in [-0.05, 0) is 49.4 Å². The van der Waals surface area contributed by atoms with E-state index in [9.17, 15) is 4.79 Å². The number of carbonyl (C=O) groups excluding carboxylic acids is 1. The lowest BCUT2D eigenvalue weighted by molar-refractivity contribution is 0.0622. The minimum absolute atomic E-state index is 0. The molecule has 1 aromatic heterocycles. The van der Waals surface area contributed by atoms with Crippen molar-refractivity contribution in [3.63, 3.8) is 0 Å². The number of amides is 1. The maximum absolute atomic E-state index is 12.4. The van der Waals surface area contributed by atoms with E-state index in [0.29, 0.717) is 12.0 Å². The van der Waals surface area contributed by atoms with Crippen LogP contribution in [0.3, 0.4) is 0 Å². The third-order valence-electron chi connectivity index (χ3n) is 4.62. The molecule has 0 aliphatic carbocycles. The Bertz CT molecular complexity index is 616.